The minimum Gasteiger partial charge on any atom is -0.314 e. The van der Waals surface area contributed by atoms with Gasteiger partial charge in [0.2, 0.25) is 0 Å². The molecule has 1 aromatic carbocycles. The Morgan fingerprint density at radius 2 is 1.95 bits per heavy atom. The molecule has 0 saturated carbocycles. The highest BCUT2D eigenvalue weighted by molar-refractivity contribution is 5.96. The highest BCUT2D eigenvalue weighted by atomic mass is 19.4. The van der Waals surface area contributed by atoms with E-state index in [0.717, 1.165) is 31.5 Å². The fourth-order valence-electron chi connectivity index (χ4n) is 2.56. The molecule has 0 spiro atoms. The third kappa shape index (κ3) is 3.82. The van der Waals surface area contributed by atoms with Gasteiger partial charge in [0.25, 0.3) is 0 Å². The van der Waals surface area contributed by atoms with E-state index in [1.807, 2.05) is 0 Å². The second-order valence-corrected chi connectivity index (χ2v) is 5.48. The summed E-state index contributed by atoms with van der Waals surface area (Å²) < 4.78 is 37.3. The predicted molar refractivity (Wildman–Crippen MR) is 70.6 cm³/mol. The number of halogens is 3. The minimum absolute atomic E-state index is 0.106. The Morgan fingerprint density at radius 1 is 1.30 bits per heavy atom. The van der Waals surface area contributed by atoms with E-state index in [1.165, 1.54) is 12.1 Å². The number of Topliss-reactive ketones (excluding diaryl/α,β-unsaturated/α-hetero) is 1. The van der Waals surface area contributed by atoms with Crippen LogP contribution < -0.4 is 5.32 Å². The third-order valence-electron chi connectivity index (χ3n) is 3.72. The van der Waals surface area contributed by atoms with Crippen LogP contribution in [0, 0.1) is 5.92 Å². The lowest BCUT2D eigenvalue weighted by molar-refractivity contribution is -0.137. The second kappa shape index (κ2) is 5.95. The Balaban J connectivity index is 1.99. The van der Waals surface area contributed by atoms with Crippen molar-refractivity contribution < 1.29 is 18.0 Å². The van der Waals surface area contributed by atoms with Gasteiger partial charge in [0, 0.05) is 18.0 Å². The lowest BCUT2D eigenvalue weighted by Crippen LogP contribution is -2.38. The highest BCUT2D eigenvalue weighted by Crippen LogP contribution is 2.29. The van der Waals surface area contributed by atoms with Crippen molar-refractivity contribution in [2.45, 2.75) is 38.4 Å². The molecule has 0 aromatic heterocycles. The Morgan fingerprint density at radius 3 is 2.50 bits per heavy atom. The number of nitrogens with one attached hydrogen (secondary N) is 1. The SMILES string of the molecule is CC1CCNC(CC(=O)c2ccc(C(F)(F)F)cc2)C1. The van der Waals surface area contributed by atoms with Gasteiger partial charge in [0.15, 0.2) is 5.78 Å². The van der Waals surface area contributed by atoms with Crippen molar-refractivity contribution in [3.63, 3.8) is 0 Å². The third-order valence-corrected chi connectivity index (χ3v) is 3.72. The van der Waals surface area contributed by atoms with Crippen molar-refractivity contribution in [1.82, 2.24) is 5.32 Å². The summed E-state index contributed by atoms with van der Waals surface area (Å²) in [6, 6.07) is 4.58. The second-order valence-electron chi connectivity index (χ2n) is 5.48. The van der Waals surface area contributed by atoms with Crippen molar-refractivity contribution >= 4 is 5.78 Å². The van der Waals surface area contributed by atoms with Crippen LogP contribution in [0.25, 0.3) is 0 Å². The van der Waals surface area contributed by atoms with Crippen LogP contribution in [-0.2, 0) is 6.18 Å². The van der Waals surface area contributed by atoms with Gasteiger partial charge in [-0.05, 0) is 37.4 Å². The summed E-state index contributed by atoms with van der Waals surface area (Å²) in [4.78, 5) is 12.1. The molecule has 2 unspecified atom stereocenters. The summed E-state index contributed by atoms with van der Waals surface area (Å²) in [5.74, 6) is 0.479. The molecule has 0 amide bonds. The standard InChI is InChI=1S/C15H18F3NO/c1-10-6-7-19-13(8-10)9-14(20)11-2-4-12(5-3-11)15(16,17)18/h2-5,10,13,19H,6-9H2,1H3. The summed E-state index contributed by atoms with van der Waals surface area (Å²) in [6.07, 6.45) is -1.98. The number of carbonyl (C=O) groups is 1. The molecule has 0 bridgehead atoms. The maximum absolute atomic E-state index is 12.4. The van der Waals surface area contributed by atoms with Crippen molar-refractivity contribution in [2.24, 2.45) is 5.92 Å². The van der Waals surface area contributed by atoms with Gasteiger partial charge in [-0.15, -0.1) is 0 Å². The first-order valence-electron chi connectivity index (χ1n) is 6.80. The van der Waals surface area contributed by atoms with E-state index < -0.39 is 11.7 Å². The molecule has 1 N–H and O–H groups in total. The summed E-state index contributed by atoms with van der Waals surface area (Å²) >= 11 is 0. The van der Waals surface area contributed by atoms with Gasteiger partial charge in [0.1, 0.15) is 0 Å². The molecular formula is C15H18F3NO. The Labute approximate surface area is 116 Å². The average molecular weight is 285 g/mol. The predicted octanol–water partition coefficient (Wildman–Crippen LogP) is 3.67. The van der Waals surface area contributed by atoms with Gasteiger partial charge in [-0.1, -0.05) is 19.1 Å². The first kappa shape index (κ1) is 15.0. The van der Waals surface area contributed by atoms with E-state index in [2.05, 4.69) is 12.2 Å². The average Bonchev–Trinajstić information content (AvgIpc) is 2.38. The van der Waals surface area contributed by atoms with Gasteiger partial charge in [-0.2, -0.15) is 13.2 Å². The van der Waals surface area contributed by atoms with Crippen LogP contribution in [0.3, 0.4) is 0 Å². The van der Waals surface area contributed by atoms with Gasteiger partial charge < -0.3 is 5.32 Å². The van der Waals surface area contributed by atoms with E-state index >= 15 is 0 Å². The smallest absolute Gasteiger partial charge is 0.314 e. The van der Waals surface area contributed by atoms with Crippen molar-refractivity contribution in [3.05, 3.63) is 35.4 Å². The molecule has 1 heterocycles. The van der Waals surface area contributed by atoms with Gasteiger partial charge in [-0.3, -0.25) is 4.79 Å². The van der Waals surface area contributed by atoms with E-state index in [1.54, 1.807) is 0 Å². The molecule has 20 heavy (non-hydrogen) atoms. The highest BCUT2D eigenvalue weighted by Gasteiger charge is 2.30. The number of rotatable bonds is 3. The molecule has 1 aliphatic rings. The molecule has 0 aliphatic carbocycles. The lowest BCUT2D eigenvalue weighted by Gasteiger charge is -2.27. The molecule has 1 aromatic rings. The molecule has 5 heteroatoms. The van der Waals surface area contributed by atoms with Gasteiger partial charge in [-0.25, -0.2) is 0 Å². The van der Waals surface area contributed by atoms with E-state index in [9.17, 15) is 18.0 Å². The maximum Gasteiger partial charge on any atom is 0.416 e. The van der Waals surface area contributed by atoms with E-state index in [-0.39, 0.29) is 11.8 Å². The zero-order chi connectivity index (χ0) is 14.8. The number of piperidine rings is 1. The first-order valence-corrected chi connectivity index (χ1v) is 6.80. The van der Waals surface area contributed by atoms with Gasteiger partial charge >= 0.3 is 6.18 Å². The number of carbonyl (C=O) groups excluding carboxylic acids is 1. The zero-order valence-corrected chi connectivity index (χ0v) is 11.3. The van der Waals surface area contributed by atoms with Crippen LogP contribution in [0.2, 0.25) is 0 Å². The summed E-state index contributed by atoms with van der Waals surface area (Å²) in [5.41, 5.74) is -0.378. The molecule has 2 rings (SSSR count). The van der Waals surface area contributed by atoms with E-state index in [4.69, 9.17) is 0 Å². The molecule has 1 fully saturated rings. The Hall–Kier alpha value is -1.36. The summed E-state index contributed by atoms with van der Waals surface area (Å²) in [6.45, 7) is 3.04. The molecular weight excluding hydrogens is 267 g/mol. The number of hydrogen-bond donors (Lipinski definition) is 1. The zero-order valence-electron chi connectivity index (χ0n) is 11.3. The molecule has 110 valence electrons. The summed E-state index contributed by atoms with van der Waals surface area (Å²) in [5, 5.41) is 3.28. The van der Waals surface area contributed by atoms with Crippen LogP contribution in [0.15, 0.2) is 24.3 Å². The summed E-state index contributed by atoms with van der Waals surface area (Å²) in [7, 11) is 0. The first-order chi connectivity index (χ1) is 9.36. The monoisotopic (exact) mass is 285 g/mol. The molecule has 1 aliphatic heterocycles. The van der Waals surface area contributed by atoms with Crippen LogP contribution in [0.4, 0.5) is 13.2 Å². The number of benzene rings is 1. The number of alkyl halides is 3. The molecule has 2 nitrogen and oxygen atoms in total. The lowest BCUT2D eigenvalue weighted by atomic mass is 9.90. The van der Waals surface area contributed by atoms with Crippen LogP contribution in [0.5, 0.6) is 0 Å². The fraction of sp³-hybridized carbons (Fsp3) is 0.533. The van der Waals surface area contributed by atoms with Crippen LogP contribution in [0.1, 0.15) is 42.1 Å². The van der Waals surface area contributed by atoms with E-state index in [0.29, 0.717) is 17.9 Å². The van der Waals surface area contributed by atoms with Crippen LogP contribution >= 0.6 is 0 Å². The molecule has 2 atom stereocenters. The van der Waals surface area contributed by atoms with Crippen molar-refractivity contribution in [2.75, 3.05) is 6.54 Å². The largest absolute Gasteiger partial charge is 0.416 e. The molecule has 1 saturated heterocycles. The van der Waals surface area contributed by atoms with Crippen molar-refractivity contribution in [3.8, 4) is 0 Å². The maximum atomic E-state index is 12.4. The van der Waals surface area contributed by atoms with Gasteiger partial charge in [0.05, 0.1) is 5.56 Å². The van der Waals surface area contributed by atoms with Crippen molar-refractivity contribution in [1.29, 1.82) is 0 Å². The topological polar surface area (TPSA) is 29.1 Å². The Kier molecular flexibility index (Phi) is 4.48. The minimum atomic E-state index is -4.36. The number of hydrogen-bond acceptors (Lipinski definition) is 2. The molecule has 0 radical (unpaired) electrons. The number of ketones is 1. The fourth-order valence-corrected chi connectivity index (χ4v) is 2.56. The normalized spacial score (nSPS) is 23.6. The quantitative estimate of drug-likeness (QED) is 0.859. The van der Waals surface area contributed by atoms with Crippen LogP contribution in [-0.4, -0.2) is 18.4 Å². The Bertz CT molecular complexity index is 467.